The maximum atomic E-state index is 10.4. The van der Waals surface area contributed by atoms with Gasteiger partial charge < -0.3 is 5.11 Å². The van der Waals surface area contributed by atoms with Gasteiger partial charge in [-0.15, -0.1) is 0 Å². The third-order valence-corrected chi connectivity index (χ3v) is 2.58. The predicted molar refractivity (Wildman–Crippen MR) is 60.4 cm³/mol. The molecule has 0 unspecified atom stereocenters. The third kappa shape index (κ3) is 4.08. The van der Waals surface area contributed by atoms with Crippen molar-refractivity contribution in [2.45, 2.75) is 6.54 Å². The summed E-state index contributed by atoms with van der Waals surface area (Å²) >= 11 is 11.6. The van der Waals surface area contributed by atoms with Crippen LogP contribution in [0.1, 0.15) is 5.56 Å². The molecule has 0 aliphatic rings. The number of nitrogens with zero attached hydrogens (tertiary/aromatic N) is 1. The number of benzene rings is 1. The van der Waals surface area contributed by atoms with Crippen molar-refractivity contribution in [3.8, 4) is 0 Å². The van der Waals surface area contributed by atoms with Crippen LogP contribution in [0.25, 0.3) is 0 Å². The summed E-state index contributed by atoms with van der Waals surface area (Å²) < 4.78 is 0. The van der Waals surface area contributed by atoms with Gasteiger partial charge in [0.2, 0.25) is 0 Å². The van der Waals surface area contributed by atoms with Crippen LogP contribution in [0.2, 0.25) is 10.0 Å². The number of aliphatic carboxylic acids is 1. The maximum Gasteiger partial charge on any atom is 0.317 e. The topological polar surface area (TPSA) is 40.5 Å². The van der Waals surface area contributed by atoms with Gasteiger partial charge in [0.1, 0.15) is 0 Å². The van der Waals surface area contributed by atoms with Crippen LogP contribution in [0.5, 0.6) is 0 Å². The Kier molecular flexibility index (Phi) is 4.39. The number of hydrogen-bond acceptors (Lipinski definition) is 2. The first-order valence-corrected chi connectivity index (χ1v) is 5.09. The van der Waals surface area contributed by atoms with Crippen molar-refractivity contribution >= 4 is 29.2 Å². The summed E-state index contributed by atoms with van der Waals surface area (Å²) in [5, 5.41) is 9.56. The molecule has 5 heteroatoms. The summed E-state index contributed by atoms with van der Waals surface area (Å²) in [6.45, 7) is 0.531. The van der Waals surface area contributed by atoms with Crippen LogP contribution in [0.4, 0.5) is 0 Å². The Bertz CT molecular complexity index is 368. The number of likely N-dealkylation sites (N-methyl/N-ethyl adjacent to an activating group) is 1. The standard InChI is InChI=1S/C10H11Cl2NO2/c1-13(6-10(14)15)5-7-2-3-8(11)9(12)4-7/h2-4H,5-6H2,1H3,(H,14,15). The normalized spacial score (nSPS) is 10.7. The third-order valence-electron chi connectivity index (χ3n) is 1.84. The Balaban J connectivity index is 2.64. The molecule has 0 saturated heterocycles. The molecule has 0 saturated carbocycles. The van der Waals surface area contributed by atoms with Gasteiger partial charge in [-0.1, -0.05) is 29.3 Å². The second kappa shape index (κ2) is 5.35. The van der Waals surface area contributed by atoms with Gasteiger partial charge in [0, 0.05) is 6.54 Å². The quantitative estimate of drug-likeness (QED) is 0.889. The van der Waals surface area contributed by atoms with Crippen molar-refractivity contribution in [1.82, 2.24) is 4.90 Å². The van der Waals surface area contributed by atoms with E-state index in [1.807, 2.05) is 6.07 Å². The van der Waals surface area contributed by atoms with E-state index in [4.69, 9.17) is 28.3 Å². The molecule has 0 aromatic heterocycles. The van der Waals surface area contributed by atoms with Crippen molar-refractivity contribution < 1.29 is 9.90 Å². The molecule has 82 valence electrons. The predicted octanol–water partition coefficient (Wildman–Crippen LogP) is 2.51. The van der Waals surface area contributed by atoms with E-state index in [2.05, 4.69) is 0 Å². The molecular weight excluding hydrogens is 237 g/mol. The second-order valence-corrected chi connectivity index (χ2v) is 4.13. The van der Waals surface area contributed by atoms with Gasteiger partial charge in [0.25, 0.3) is 0 Å². The zero-order valence-electron chi connectivity index (χ0n) is 8.20. The Morgan fingerprint density at radius 1 is 1.40 bits per heavy atom. The molecule has 0 bridgehead atoms. The lowest BCUT2D eigenvalue weighted by atomic mass is 10.2. The van der Waals surface area contributed by atoms with Crippen molar-refractivity contribution in [2.75, 3.05) is 13.6 Å². The van der Waals surface area contributed by atoms with Gasteiger partial charge in [0.05, 0.1) is 16.6 Å². The van der Waals surface area contributed by atoms with Crippen molar-refractivity contribution in [3.63, 3.8) is 0 Å². The molecule has 0 atom stereocenters. The summed E-state index contributed by atoms with van der Waals surface area (Å²) in [6.07, 6.45) is 0. The van der Waals surface area contributed by atoms with E-state index in [0.29, 0.717) is 16.6 Å². The van der Waals surface area contributed by atoms with E-state index in [0.717, 1.165) is 5.56 Å². The first-order valence-electron chi connectivity index (χ1n) is 4.33. The Hall–Kier alpha value is -0.770. The van der Waals surface area contributed by atoms with E-state index < -0.39 is 5.97 Å². The summed E-state index contributed by atoms with van der Waals surface area (Å²) in [6, 6.07) is 5.27. The highest BCUT2D eigenvalue weighted by molar-refractivity contribution is 6.42. The zero-order valence-corrected chi connectivity index (χ0v) is 9.72. The zero-order chi connectivity index (χ0) is 11.4. The fraction of sp³-hybridized carbons (Fsp3) is 0.300. The van der Waals surface area contributed by atoms with Crippen LogP contribution in [0.15, 0.2) is 18.2 Å². The summed E-state index contributed by atoms with van der Waals surface area (Å²) in [5.41, 5.74) is 0.938. The van der Waals surface area contributed by atoms with Crippen LogP contribution in [0.3, 0.4) is 0 Å². The number of rotatable bonds is 4. The van der Waals surface area contributed by atoms with Crippen LogP contribution >= 0.6 is 23.2 Å². The minimum absolute atomic E-state index is 0.000244. The van der Waals surface area contributed by atoms with Gasteiger partial charge >= 0.3 is 5.97 Å². The first-order chi connectivity index (χ1) is 6.99. The molecule has 0 heterocycles. The lowest BCUT2D eigenvalue weighted by molar-refractivity contribution is -0.138. The van der Waals surface area contributed by atoms with Gasteiger partial charge in [-0.25, -0.2) is 0 Å². The minimum atomic E-state index is -0.849. The largest absolute Gasteiger partial charge is 0.480 e. The number of hydrogen-bond donors (Lipinski definition) is 1. The monoisotopic (exact) mass is 247 g/mol. The average molecular weight is 248 g/mol. The highest BCUT2D eigenvalue weighted by Gasteiger charge is 2.06. The van der Waals surface area contributed by atoms with Crippen LogP contribution < -0.4 is 0 Å². The fourth-order valence-corrected chi connectivity index (χ4v) is 1.56. The molecule has 1 N–H and O–H groups in total. The smallest absolute Gasteiger partial charge is 0.317 e. The molecule has 0 radical (unpaired) electrons. The lowest BCUT2D eigenvalue weighted by Crippen LogP contribution is -2.25. The van der Waals surface area contributed by atoms with Crippen LogP contribution in [-0.4, -0.2) is 29.6 Å². The molecule has 1 aromatic rings. The summed E-state index contributed by atoms with van der Waals surface area (Å²) in [7, 11) is 1.73. The molecule has 0 aliphatic carbocycles. The van der Waals surface area contributed by atoms with Crippen molar-refractivity contribution in [3.05, 3.63) is 33.8 Å². The van der Waals surface area contributed by atoms with E-state index in [9.17, 15) is 4.79 Å². The van der Waals surface area contributed by atoms with E-state index in [1.54, 1.807) is 24.1 Å². The van der Waals surface area contributed by atoms with E-state index in [-0.39, 0.29) is 6.54 Å². The Morgan fingerprint density at radius 3 is 2.60 bits per heavy atom. The Morgan fingerprint density at radius 2 is 2.07 bits per heavy atom. The number of carbonyl (C=O) groups is 1. The highest BCUT2D eigenvalue weighted by atomic mass is 35.5. The fourth-order valence-electron chi connectivity index (χ4n) is 1.24. The Labute approximate surface area is 98.2 Å². The van der Waals surface area contributed by atoms with Gasteiger partial charge in [-0.2, -0.15) is 0 Å². The number of halogens is 2. The highest BCUT2D eigenvalue weighted by Crippen LogP contribution is 2.22. The first kappa shape index (κ1) is 12.3. The molecule has 0 amide bonds. The minimum Gasteiger partial charge on any atom is -0.480 e. The molecular formula is C10H11Cl2NO2. The van der Waals surface area contributed by atoms with Gasteiger partial charge in [-0.3, -0.25) is 9.69 Å². The van der Waals surface area contributed by atoms with Gasteiger partial charge in [0.15, 0.2) is 0 Å². The summed E-state index contributed by atoms with van der Waals surface area (Å²) in [5.74, 6) is -0.849. The summed E-state index contributed by atoms with van der Waals surface area (Å²) in [4.78, 5) is 12.1. The van der Waals surface area contributed by atoms with E-state index >= 15 is 0 Å². The molecule has 1 rings (SSSR count). The average Bonchev–Trinajstić information content (AvgIpc) is 2.10. The van der Waals surface area contributed by atoms with Crippen LogP contribution in [0, 0.1) is 0 Å². The van der Waals surface area contributed by atoms with Gasteiger partial charge in [-0.05, 0) is 24.7 Å². The van der Waals surface area contributed by atoms with E-state index in [1.165, 1.54) is 0 Å². The van der Waals surface area contributed by atoms with Crippen LogP contribution in [-0.2, 0) is 11.3 Å². The molecule has 3 nitrogen and oxygen atoms in total. The van der Waals surface area contributed by atoms with Crippen molar-refractivity contribution in [1.29, 1.82) is 0 Å². The molecule has 0 spiro atoms. The molecule has 15 heavy (non-hydrogen) atoms. The molecule has 0 aliphatic heterocycles. The molecule has 1 aromatic carbocycles. The number of carboxylic acid groups (broad SMARTS) is 1. The maximum absolute atomic E-state index is 10.4. The number of carboxylic acids is 1. The SMILES string of the molecule is CN(CC(=O)O)Cc1ccc(Cl)c(Cl)c1. The second-order valence-electron chi connectivity index (χ2n) is 3.31. The lowest BCUT2D eigenvalue weighted by Gasteiger charge is -2.14. The van der Waals surface area contributed by atoms with Crippen molar-refractivity contribution in [2.24, 2.45) is 0 Å². The molecule has 0 fully saturated rings.